The Labute approximate surface area is 123 Å². The fraction of sp³-hybridized carbons (Fsp3) is 0.308. The Kier molecular flexibility index (Phi) is 4.02. The highest BCUT2D eigenvalue weighted by Crippen LogP contribution is 2.23. The first-order valence-corrected chi connectivity index (χ1v) is 7.65. The molecule has 1 aromatic heterocycles. The van der Waals surface area contributed by atoms with Gasteiger partial charge in [-0.2, -0.15) is 4.31 Å². The molecule has 8 heteroatoms. The van der Waals surface area contributed by atoms with E-state index in [1.165, 1.54) is 20.0 Å². The largest absolute Gasteiger partial charge is 0.396 e. The maximum Gasteiger partial charge on any atom is 0.243 e. The second-order valence-corrected chi connectivity index (χ2v) is 6.90. The van der Waals surface area contributed by atoms with Crippen molar-refractivity contribution in [3.8, 4) is 0 Å². The maximum absolute atomic E-state index is 13.5. The summed E-state index contributed by atoms with van der Waals surface area (Å²) >= 11 is 0. The van der Waals surface area contributed by atoms with Gasteiger partial charge in [0.15, 0.2) is 0 Å². The fourth-order valence-corrected chi connectivity index (χ4v) is 3.17. The third kappa shape index (κ3) is 2.91. The Balaban J connectivity index is 2.35. The van der Waals surface area contributed by atoms with Crippen LogP contribution in [-0.2, 0) is 23.6 Å². The van der Waals surface area contributed by atoms with E-state index in [0.29, 0.717) is 5.82 Å². The Morgan fingerprint density at radius 2 is 2.10 bits per heavy atom. The number of aryl methyl sites for hydroxylation is 2. The number of halogens is 1. The topological polar surface area (TPSA) is 81.2 Å². The minimum absolute atomic E-state index is 0.0318. The number of aromatic nitrogens is 2. The highest BCUT2D eigenvalue weighted by Gasteiger charge is 2.23. The van der Waals surface area contributed by atoms with E-state index in [1.807, 2.05) is 0 Å². The van der Waals surface area contributed by atoms with E-state index >= 15 is 0 Å². The molecule has 0 aliphatic rings. The smallest absolute Gasteiger partial charge is 0.243 e. The summed E-state index contributed by atoms with van der Waals surface area (Å²) in [7, 11) is -0.536. The van der Waals surface area contributed by atoms with Gasteiger partial charge in [-0.05, 0) is 24.6 Å². The van der Waals surface area contributed by atoms with Crippen LogP contribution in [0.15, 0.2) is 29.4 Å². The number of nitrogens with two attached hydrogens (primary N) is 1. The molecule has 0 saturated carbocycles. The molecule has 6 nitrogen and oxygen atoms in total. The lowest BCUT2D eigenvalue weighted by Gasteiger charge is -2.18. The van der Waals surface area contributed by atoms with Gasteiger partial charge >= 0.3 is 0 Å². The molecular weight excluding hydrogens is 295 g/mol. The first-order chi connectivity index (χ1) is 9.73. The number of hydrogen-bond donors (Lipinski definition) is 1. The van der Waals surface area contributed by atoms with E-state index in [9.17, 15) is 12.8 Å². The number of hydrogen-bond acceptors (Lipinski definition) is 4. The maximum atomic E-state index is 13.5. The van der Waals surface area contributed by atoms with Crippen LogP contribution < -0.4 is 5.73 Å². The number of benzene rings is 1. The molecule has 0 radical (unpaired) electrons. The summed E-state index contributed by atoms with van der Waals surface area (Å²) in [5.41, 5.74) is 5.52. The number of rotatable bonds is 4. The fourth-order valence-electron chi connectivity index (χ4n) is 1.92. The summed E-state index contributed by atoms with van der Waals surface area (Å²) in [5.74, 6) is 0.00795. The molecular formula is C13H17FN4O2S. The molecule has 0 amide bonds. The highest BCUT2D eigenvalue weighted by molar-refractivity contribution is 7.89. The van der Waals surface area contributed by atoms with Crippen molar-refractivity contribution in [3.05, 3.63) is 41.7 Å². The van der Waals surface area contributed by atoms with E-state index in [-0.39, 0.29) is 22.7 Å². The van der Waals surface area contributed by atoms with Crippen molar-refractivity contribution in [3.63, 3.8) is 0 Å². The number of nitrogens with zero attached hydrogens (tertiary/aromatic N) is 3. The van der Waals surface area contributed by atoms with Crippen LogP contribution in [0, 0.1) is 12.7 Å². The molecule has 0 spiro atoms. The molecule has 0 aliphatic carbocycles. The summed E-state index contributed by atoms with van der Waals surface area (Å²) in [6.45, 7) is 1.59. The van der Waals surface area contributed by atoms with Gasteiger partial charge in [0.2, 0.25) is 10.0 Å². The predicted molar refractivity (Wildman–Crippen MR) is 77.4 cm³/mol. The summed E-state index contributed by atoms with van der Waals surface area (Å²) in [4.78, 5) is 4.05. The van der Waals surface area contributed by atoms with Gasteiger partial charge in [0.1, 0.15) is 11.6 Å². The van der Waals surface area contributed by atoms with Gasteiger partial charge in [-0.25, -0.2) is 17.8 Å². The van der Waals surface area contributed by atoms with Crippen LogP contribution in [-0.4, -0.2) is 29.3 Å². The second-order valence-electron chi connectivity index (χ2n) is 4.86. The van der Waals surface area contributed by atoms with Crippen molar-refractivity contribution in [1.29, 1.82) is 0 Å². The Morgan fingerprint density at radius 3 is 2.62 bits per heavy atom. The minimum atomic E-state index is -3.76. The zero-order valence-corrected chi connectivity index (χ0v) is 12.9. The molecule has 2 aromatic rings. The zero-order valence-electron chi connectivity index (χ0n) is 12.0. The lowest BCUT2D eigenvalue weighted by Crippen LogP contribution is -2.28. The Hall–Kier alpha value is -1.93. The van der Waals surface area contributed by atoms with Gasteiger partial charge in [-0.15, -0.1) is 0 Å². The number of imidazole rings is 1. The van der Waals surface area contributed by atoms with Gasteiger partial charge in [0.05, 0.1) is 17.1 Å². The van der Waals surface area contributed by atoms with Crippen LogP contribution >= 0.6 is 0 Å². The number of nitrogen functional groups attached to an aromatic ring is 1. The minimum Gasteiger partial charge on any atom is -0.396 e. The summed E-state index contributed by atoms with van der Waals surface area (Å²) in [5, 5.41) is 0. The van der Waals surface area contributed by atoms with Crippen LogP contribution in [0.2, 0.25) is 0 Å². The lowest BCUT2D eigenvalue weighted by molar-refractivity contribution is 0.451. The predicted octanol–water partition coefficient (Wildman–Crippen LogP) is 1.27. The van der Waals surface area contributed by atoms with Gasteiger partial charge in [-0.3, -0.25) is 0 Å². The molecule has 0 fully saturated rings. The summed E-state index contributed by atoms with van der Waals surface area (Å²) in [6.07, 6.45) is 3.33. The second kappa shape index (κ2) is 5.45. The van der Waals surface area contributed by atoms with Crippen molar-refractivity contribution < 1.29 is 12.8 Å². The quantitative estimate of drug-likeness (QED) is 0.862. The molecule has 1 aromatic carbocycles. The Morgan fingerprint density at radius 1 is 1.43 bits per heavy atom. The molecule has 0 unspecified atom stereocenters. The number of anilines is 1. The standard InChI is InChI=1S/C13H17FN4O2S/c1-9-6-10(7-11(15)13(9)14)21(19,20)18(3)8-12-16-4-5-17(12)2/h4-7H,8,15H2,1-3H3. The summed E-state index contributed by atoms with van der Waals surface area (Å²) < 4.78 is 41.4. The van der Waals surface area contributed by atoms with Crippen molar-refractivity contribution in [2.75, 3.05) is 12.8 Å². The van der Waals surface area contributed by atoms with Crippen LogP contribution in [0.5, 0.6) is 0 Å². The molecule has 21 heavy (non-hydrogen) atoms. The normalized spacial score (nSPS) is 12.0. The van der Waals surface area contributed by atoms with E-state index < -0.39 is 15.8 Å². The van der Waals surface area contributed by atoms with Crippen LogP contribution in [0.25, 0.3) is 0 Å². The van der Waals surface area contributed by atoms with Gasteiger partial charge < -0.3 is 10.3 Å². The zero-order chi connectivity index (χ0) is 15.8. The first-order valence-electron chi connectivity index (χ1n) is 6.21. The van der Waals surface area contributed by atoms with E-state index in [2.05, 4.69) is 4.98 Å². The SMILES string of the molecule is Cc1cc(S(=O)(=O)N(C)Cc2nccn2C)cc(N)c1F. The third-order valence-corrected chi connectivity index (χ3v) is 5.03. The molecule has 2 rings (SSSR count). The Bertz CT molecular complexity index is 747. The van der Waals surface area contributed by atoms with Crippen LogP contribution in [0.3, 0.4) is 0 Å². The molecule has 2 N–H and O–H groups in total. The lowest BCUT2D eigenvalue weighted by atomic mass is 10.2. The molecule has 0 aliphatic heterocycles. The van der Waals surface area contributed by atoms with E-state index in [1.54, 1.807) is 24.0 Å². The molecule has 0 atom stereocenters. The van der Waals surface area contributed by atoms with E-state index in [0.717, 1.165) is 10.4 Å². The van der Waals surface area contributed by atoms with Gasteiger partial charge in [-0.1, -0.05) is 0 Å². The van der Waals surface area contributed by atoms with Gasteiger partial charge in [0, 0.05) is 26.5 Å². The summed E-state index contributed by atoms with van der Waals surface area (Å²) in [6, 6.07) is 2.41. The van der Waals surface area contributed by atoms with Crippen molar-refractivity contribution in [1.82, 2.24) is 13.9 Å². The van der Waals surface area contributed by atoms with Crippen LogP contribution in [0.4, 0.5) is 10.1 Å². The molecule has 1 heterocycles. The number of sulfonamides is 1. The average molecular weight is 312 g/mol. The average Bonchev–Trinajstić information content (AvgIpc) is 2.80. The van der Waals surface area contributed by atoms with E-state index in [4.69, 9.17) is 5.73 Å². The van der Waals surface area contributed by atoms with Crippen LogP contribution in [0.1, 0.15) is 11.4 Å². The molecule has 114 valence electrons. The highest BCUT2D eigenvalue weighted by atomic mass is 32.2. The van der Waals surface area contributed by atoms with Gasteiger partial charge in [0.25, 0.3) is 0 Å². The first kappa shape index (κ1) is 15.5. The van der Waals surface area contributed by atoms with Crippen molar-refractivity contribution in [2.45, 2.75) is 18.4 Å². The van der Waals surface area contributed by atoms with Crippen molar-refractivity contribution in [2.24, 2.45) is 7.05 Å². The third-order valence-electron chi connectivity index (χ3n) is 3.25. The molecule has 0 bridgehead atoms. The monoisotopic (exact) mass is 312 g/mol. The van der Waals surface area contributed by atoms with Crippen molar-refractivity contribution >= 4 is 15.7 Å². The molecule has 0 saturated heterocycles.